The van der Waals surface area contributed by atoms with E-state index in [1.807, 2.05) is 0 Å². The molecule has 0 spiro atoms. The number of para-hydroxylation sites is 1. The molecule has 1 heterocycles. The topological polar surface area (TPSA) is 66.1 Å². The second-order valence-electron chi connectivity index (χ2n) is 5.47. The number of benzene rings is 2. The highest BCUT2D eigenvalue weighted by Crippen LogP contribution is 2.20. The van der Waals surface area contributed by atoms with E-state index in [1.54, 1.807) is 31.2 Å². The lowest BCUT2D eigenvalue weighted by molar-refractivity contribution is 0.0748. The van der Waals surface area contributed by atoms with Crippen LogP contribution in [0.25, 0.3) is 10.9 Å². The summed E-state index contributed by atoms with van der Waals surface area (Å²) in [6.45, 7) is 2.29. The number of nitrogens with zero attached hydrogens (tertiary/aromatic N) is 2. The summed E-state index contributed by atoms with van der Waals surface area (Å²) < 4.78 is 13.2. The van der Waals surface area contributed by atoms with Crippen molar-refractivity contribution in [3.8, 4) is 0 Å². The average molecular weight is 360 g/mol. The molecule has 0 saturated carbocycles. The van der Waals surface area contributed by atoms with E-state index in [2.05, 4.69) is 9.97 Å². The zero-order valence-corrected chi connectivity index (χ0v) is 14.2. The molecule has 0 aliphatic rings. The van der Waals surface area contributed by atoms with Crippen molar-refractivity contribution >= 4 is 28.4 Å². The Kier molecular flexibility index (Phi) is 4.81. The standard InChI is InChI=1S/C18H15ClFN3O2/c1-2-23(18(25)12-8-7-11(20)9-14(12)19)10-16-21-15-6-4-3-5-13(15)17(24)22-16/h3-9H,2,10H2,1H3,(H,21,22,24). The second kappa shape index (κ2) is 7.03. The quantitative estimate of drug-likeness (QED) is 0.776. The van der Waals surface area contributed by atoms with Crippen molar-refractivity contribution in [3.63, 3.8) is 0 Å². The summed E-state index contributed by atoms with van der Waals surface area (Å²) >= 11 is 5.97. The molecule has 7 heteroatoms. The summed E-state index contributed by atoms with van der Waals surface area (Å²) in [5, 5.41) is 0.533. The van der Waals surface area contributed by atoms with Crippen LogP contribution in [0.2, 0.25) is 5.02 Å². The Morgan fingerprint density at radius 3 is 2.76 bits per heavy atom. The molecule has 3 rings (SSSR count). The van der Waals surface area contributed by atoms with Crippen LogP contribution in [-0.2, 0) is 6.54 Å². The fourth-order valence-electron chi connectivity index (χ4n) is 2.55. The van der Waals surface area contributed by atoms with E-state index < -0.39 is 5.82 Å². The molecule has 0 unspecified atom stereocenters. The summed E-state index contributed by atoms with van der Waals surface area (Å²) in [6, 6.07) is 10.6. The van der Waals surface area contributed by atoms with Gasteiger partial charge in [0, 0.05) is 6.54 Å². The number of aromatic amines is 1. The molecular formula is C18H15ClFN3O2. The number of rotatable bonds is 4. The van der Waals surface area contributed by atoms with Crippen LogP contribution in [0.5, 0.6) is 0 Å². The zero-order valence-electron chi connectivity index (χ0n) is 13.4. The van der Waals surface area contributed by atoms with Gasteiger partial charge in [-0.2, -0.15) is 0 Å². The summed E-state index contributed by atoms with van der Waals surface area (Å²) in [7, 11) is 0. The summed E-state index contributed by atoms with van der Waals surface area (Å²) in [6.07, 6.45) is 0. The molecule has 1 aromatic heterocycles. The van der Waals surface area contributed by atoms with Gasteiger partial charge >= 0.3 is 0 Å². The third-order valence-corrected chi connectivity index (χ3v) is 4.15. The van der Waals surface area contributed by atoms with E-state index in [0.717, 1.165) is 6.07 Å². The maximum Gasteiger partial charge on any atom is 0.258 e. The smallest absolute Gasteiger partial charge is 0.258 e. The number of carbonyl (C=O) groups excluding carboxylic acids is 1. The largest absolute Gasteiger partial charge is 0.331 e. The molecule has 0 aliphatic heterocycles. The highest BCUT2D eigenvalue weighted by molar-refractivity contribution is 6.33. The predicted octanol–water partition coefficient (Wildman–Crippen LogP) is 3.38. The third-order valence-electron chi connectivity index (χ3n) is 3.83. The molecule has 0 aliphatic carbocycles. The lowest BCUT2D eigenvalue weighted by Crippen LogP contribution is -2.32. The van der Waals surface area contributed by atoms with Crippen LogP contribution in [0.4, 0.5) is 4.39 Å². The molecule has 0 atom stereocenters. The maximum atomic E-state index is 13.2. The average Bonchev–Trinajstić information content (AvgIpc) is 2.59. The number of hydrogen-bond acceptors (Lipinski definition) is 3. The number of carbonyl (C=O) groups is 1. The minimum atomic E-state index is -0.509. The van der Waals surface area contributed by atoms with Crippen molar-refractivity contribution in [2.45, 2.75) is 13.5 Å². The number of nitrogens with one attached hydrogen (secondary N) is 1. The van der Waals surface area contributed by atoms with E-state index in [-0.39, 0.29) is 28.6 Å². The van der Waals surface area contributed by atoms with Crippen molar-refractivity contribution in [1.82, 2.24) is 14.9 Å². The van der Waals surface area contributed by atoms with Crippen molar-refractivity contribution < 1.29 is 9.18 Å². The Hall–Kier alpha value is -2.73. The van der Waals surface area contributed by atoms with E-state index in [1.165, 1.54) is 17.0 Å². The molecule has 0 saturated heterocycles. The van der Waals surface area contributed by atoms with Crippen molar-refractivity contribution in [2.24, 2.45) is 0 Å². The number of fused-ring (bicyclic) bond motifs is 1. The van der Waals surface area contributed by atoms with Gasteiger partial charge in [-0.1, -0.05) is 23.7 Å². The van der Waals surface area contributed by atoms with Gasteiger partial charge in [-0.05, 0) is 37.3 Å². The van der Waals surface area contributed by atoms with Gasteiger partial charge in [0.05, 0.1) is 28.0 Å². The Labute approximate surface area is 148 Å². The Morgan fingerprint density at radius 2 is 2.04 bits per heavy atom. The summed E-state index contributed by atoms with van der Waals surface area (Å²) in [5.74, 6) is -0.495. The maximum absolute atomic E-state index is 13.2. The van der Waals surface area contributed by atoms with E-state index in [4.69, 9.17) is 11.6 Å². The highest BCUT2D eigenvalue weighted by Gasteiger charge is 2.19. The summed E-state index contributed by atoms with van der Waals surface area (Å²) in [5.41, 5.74) is 0.501. The fourth-order valence-corrected chi connectivity index (χ4v) is 2.80. The minimum Gasteiger partial charge on any atom is -0.331 e. The zero-order chi connectivity index (χ0) is 18.0. The number of halogens is 2. The fraction of sp³-hybridized carbons (Fsp3) is 0.167. The molecule has 5 nitrogen and oxygen atoms in total. The Morgan fingerprint density at radius 1 is 1.28 bits per heavy atom. The van der Waals surface area contributed by atoms with Crippen LogP contribution in [-0.4, -0.2) is 27.3 Å². The first-order valence-electron chi connectivity index (χ1n) is 7.72. The van der Waals surface area contributed by atoms with Crippen LogP contribution < -0.4 is 5.56 Å². The number of hydrogen-bond donors (Lipinski definition) is 1. The Bertz CT molecular complexity index is 1000. The molecule has 1 amide bonds. The van der Waals surface area contributed by atoms with Gasteiger partial charge < -0.3 is 9.88 Å². The monoisotopic (exact) mass is 359 g/mol. The lowest BCUT2D eigenvalue weighted by atomic mass is 10.2. The molecule has 0 fully saturated rings. The predicted molar refractivity (Wildman–Crippen MR) is 94.2 cm³/mol. The van der Waals surface area contributed by atoms with Crippen molar-refractivity contribution in [3.05, 3.63) is 75.0 Å². The molecule has 0 bridgehead atoms. The van der Waals surface area contributed by atoms with Gasteiger partial charge in [0.15, 0.2) is 0 Å². The van der Waals surface area contributed by atoms with Crippen molar-refractivity contribution in [1.29, 1.82) is 0 Å². The van der Waals surface area contributed by atoms with E-state index in [9.17, 15) is 14.0 Å². The Balaban J connectivity index is 1.92. The van der Waals surface area contributed by atoms with Gasteiger partial charge in [0.1, 0.15) is 11.6 Å². The highest BCUT2D eigenvalue weighted by atomic mass is 35.5. The minimum absolute atomic E-state index is 0.0448. The van der Waals surface area contributed by atoms with E-state index in [0.29, 0.717) is 23.3 Å². The van der Waals surface area contributed by atoms with Crippen LogP contribution in [0.1, 0.15) is 23.1 Å². The van der Waals surface area contributed by atoms with Gasteiger partial charge in [-0.25, -0.2) is 9.37 Å². The first kappa shape index (κ1) is 17.1. The molecule has 128 valence electrons. The molecule has 0 radical (unpaired) electrons. The molecule has 2 aromatic carbocycles. The summed E-state index contributed by atoms with van der Waals surface area (Å²) in [4.78, 5) is 33.4. The molecular weight excluding hydrogens is 345 g/mol. The van der Waals surface area contributed by atoms with Crippen LogP contribution in [0.15, 0.2) is 47.3 Å². The van der Waals surface area contributed by atoms with Gasteiger partial charge in [-0.3, -0.25) is 9.59 Å². The third kappa shape index (κ3) is 3.53. The van der Waals surface area contributed by atoms with Crippen LogP contribution >= 0.6 is 11.6 Å². The normalized spacial score (nSPS) is 10.8. The second-order valence-corrected chi connectivity index (χ2v) is 5.88. The van der Waals surface area contributed by atoms with Gasteiger partial charge in [0.2, 0.25) is 0 Å². The number of H-pyrrole nitrogens is 1. The first-order valence-corrected chi connectivity index (χ1v) is 8.09. The first-order chi connectivity index (χ1) is 12.0. The van der Waals surface area contributed by atoms with Gasteiger partial charge in [0.25, 0.3) is 11.5 Å². The van der Waals surface area contributed by atoms with Crippen molar-refractivity contribution in [2.75, 3.05) is 6.54 Å². The molecule has 3 aromatic rings. The number of aromatic nitrogens is 2. The molecule has 25 heavy (non-hydrogen) atoms. The van der Waals surface area contributed by atoms with E-state index >= 15 is 0 Å². The SMILES string of the molecule is CCN(Cc1nc2ccccc2c(=O)[nH]1)C(=O)c1ccc(F)cc1Cl. The van der Waals surface area contributed by atoms with Gasteiger partial charge in [-0.15, -0.1) is 0 Å². The van der Waals surface area contributed by atoms with Crippen LogP contribution in [0.3, 0.4) is 0 Å². The van der Waals surface area contributed by atoms with Crippen LogP contribution in [0, 0.1) is 5.82 Å². The molecule has 1 N–H and O–H groups in total. The number of amides is 1. The lowest BCUT2D eigenvalue weighted by Gasteiger charge is -2.21.